The number of likely N-dealkylation sites (tertiary alicyclic amines) is 2. The van der Waals surface area contributed by atoms with Crippen LogP contribution in [0.2, 0.25) is 0 Å². The molecule has 2 saturated heterocycles. The number of hydrogen-bond donors (Lipinski definition) is 0. The van der Waals surface area contributed by atoms with Gasteiger partial charge < -0.3 is 4.90 Å². The van der Waals surface area contributed by atoms with Crippen LogP contribution in [0.25, 0.3) is 10.8 Å². The first-order valence-corrected chi connectivity index (χ1v) is 9.44. The van der Waals surface area contributed by atoms with Gasteiger partial charge in [0, 0.05) is 18.7 Å². The van der Waals surface area contributed by atoms with E-state index in [0.29, 0.717) is 31.5 Å². The van der Waals surface area contributed by atoms with Crippen LogP contribution in [0.4, 0.5) is 0 Å². The van der Waals surface area contributed by atoms with E-state index in [-0.39, 0.29) is 35.6 Å². The highest BCUT2D eigenvalue weighted by atomic mass is 16.2. The minimum atomic E-state index is -0.203. The average Bonchev–Trinajstić information content (AvgIpc) is 2.92. The zero-order valence-electron chi connectivity index (χ0n) is 14.9. The molecule has 2 atom stereocenters. The van der Waals surface area contributed by atoms with Crippen molar-refractivity contribution in [2.75, 3.05) is 13.1 Å². The number of carbonyl (C=O) groups is 3. The molecule has 0 bridgehead atoms. The third-order valence-electron chi connectivity index (χ3n) is 6.08. The van der Waals surface area contributed by atoms with Gasteiger partial charge in [-0.15, -0.1) is 0 Å². The normalized spacial score (nSPS) is 25.0. The Bertz CT molecular complexity index is 959. The van der Waals surface area contributed by atoms with Crippen molar-refractivity contribution < 1.29 is 14.4 Å². The molecule has 0 N–H and O–H groups in total. The molecule has 0 radical (unpaired) electrons. The molecule has 2 aromatic rings. The molecule has 5 rings (SSSR count). The fourth-order valence-electron chi connectivity index (χ4n) is 4.55. The lowest BCUT2D eigenvalue weighted by Crippen LogP contribution is -2.62. The van der Waals surface area contributed by atoms with Crippen LogP contribution in [0, 0.1) is 11.8 Å². The summed E-state index contributed by atoms with van der Waals surface area (Å²) in [7, 11) is 0. The third kappa shape index (κ3) is 2.41. The number of rotatable bonds is 2. The van der Waals surface area contributed by atoms with Crippen LogP contribution in [0.1, 0.15) is 23.2 Å². The van der Waals surface area contributed by atoms with Gasteiger partial charge in [-0.25, -0.2) is 0 Å². The van der Waals surface area contributed by atoms with Gasteiger partial charge in [-0.1, -0.05) is 48.6 Å². The van der Waals surface area contributed by atoms with Gasteiger partial charge in [0.1, 0.15) is 0 Å². The SMILES string of the molecule is O=C(c1cccc2ccccc12)N1CC(N2C(=O)C3CC=CCC3C2=O)C1. The molecule has 0 aromatic heterocycles. The molecule has 136 valence electrons. The van der Waals surface area contributed by atoms with E-state index in [1.165, 1.54) is 4.90 Å². The van der Waals surface area contributed by atoms with Crippen LogP contribution in [0.5, 0.6) is 0 Å². The summed E-state index contributed by atoms with van der Waals surface area (Å²) in [6.07, 6.45) is 5.29. The first-order chi connectivity index (χ1) is 13.1. The Kier molecular flexibility index (Phi) is 3.64. The summed E-state index contributed by atoms with van der Waals surface area (Å²) in [4.78, 5) is 41.5. The lowest BCUT2D eigenvalue weighted by Gasteiger charge is -2.43. The second-order valence-electron chi connectivity index (χ2n) is 7.59. The summed E-state index contributed by atoms with van der Waals surface area (Å²) in [6, 6.07) is 13.3. The van der Waals surface area contributed by atoms with Crippen LogP contribution in [0.15, 0.2) is 54.6 Å². The quantitative estimate of drug-likeness (QED) is 0.611. The Morgan fingerprint density at radius 2 is 1.48 bits per heavy atom. The molecule has 5 nitrogen and oxygen atoms in total. The van der Waals surface area contributed by atoms with E-state index < -0.39 is 0 Å². The Labute approximate surface area is 157 Å². The van der Waals surface area contributed by atoms with E-state index in [2.05, 4.69) is 0 Å². The van der Waals surface area contributed by atoms with E-state index in [1.807, 2.05) is 54.6 Å². The number of nitrogens with zero attached hydrogens (tertiary/aromatic N) is 2. The number of amides is 3. The van der Waals surface area contributed by atoms with Gasteiger partial charge in [0.2, 0.25) is 11.8 Å². The van der Waals surface area contributed by atoms with Crippen molar-refractivity contribution in [3.05, 3.63) is 60.2 Å². The highest BCUT2D eigenvalue weighted by Crippen LogP contribution is 2.37. The molecule has 1 aliphatic carbocycles. The van der Waals surface area contributed by atoms with Crippen LogP contribution in [-0.2, 0) is 9.59 Å². The fourth-order valence-corrected chi connectivity index (χ4v) is 4.55. The van der Waals surface area contributed by atoms with Crippen molar-refractivity contribution >= 4 is 28.5 Å². The molecular weight excluding hydrogens is 340 g/mol. The topological polar surface area (TPSA) is 57.7 Å². The maximum atomic E-state index is 12.9. The maximum absolute atomic E-state index is 12.9. The van der Waals surface area contributed by atoms with Crippen molar-refractivity contribution in [3.63, 3.8) is 0 Å². The molecule has 27 heavy (non-hydrogen) atoms. The molecule has 2 heterocycles. The summed E-state index contributed by atoms with van der Waals surface area (Å²) in [5.74, 6) is -0.565. The highest BCUT2D eigenvalue weighted by molar-refractivity contribution is 6.08. The summed E-state index contributed by atoms with van der Waals surface area (Å²) >= 11 is 0. The van der Waals surface area contributed by atoms with Gasteiger partial charge in [0.15, 0.2) is 0 Å². The van der Waals surface area contributed by atoms with E-state index in [0.717, 1.165) is 10.8 Å². The standard InChI is InChI=1S/C22H20N2O3/c25-20(17-11-5-7-14-6-1-2-8-16(14)17)23-12-15(13-23)24-21(26)18-9-3-4-10-19(18)22(24)27/h1-8,11,15,18-19H,9-10,12-13H2. The minimum Gasteiger partial charge on any atom is -0.334 e. The lowest BCUT2D eigenvalue weighted by atomic mass is 9.85. The second-order valence-corrected chi connectivity index (χ2v) is 7.59. The number of carbonyl (C=O) groups excluding carboxylic acids is 3. The number of benzene rings is 2. The van der Waals surface area contributed by atoms with Crippen molar-refractivity contribution in [1.82, 2.24) is 9.80 Å². The van der Waals surface area contributed by atoms with Crippen LogP contribution < -0.4 is 0 Å². The molecule has 2 aliphatic heterocycles. The molecule has 3 amide bonds. The smallest absolute Gasteiger partial charge is 0.254 e. The van der Waals surface area contributed by atoms with Crippen molar-refractivity contribution in [3.8, 4) is 0 Å². The van der Waals surface area contributed by atoms with Crippen LogP contribution in [0.3, 0.4) is 0 Å². The average molecular weight is 360 g/mol. The zero-order chi connectivity index (χ0) is 18.5. The van der Waals surface area contributed by atoms with Gasteiger partial charge in [0.25, 0.3) is 5.91 Å². The Hall–Kier alpha value is -2.95. The first kappa shape index (κ1) is 16.2. The zero-order valence-corrected chi connectivity index (χ0v) is 14.9. The molecule has 2 fully saturated rings. The second kappa shape index (κ2) is 6.05. The first-order valence-electron chi connectivity index (χ1n) is 9.44. The Balaban J connectivity index is 1.33. The van der Waals surface area contributed by atoms with Crippen LogP contribution in [-0.4, -0.2) is 46.7 Å². The largest absolute Gasteiger partial charge is 0.334 e. The van der Waals surface area contributed by atoms with E-state index in [4.69, 9.17) is 0 Å². The van der Waals surface area contributed by atoms with E-state index in [1.54, 1.807) is 4.90 Å². The number of fused-ring (bicyclic) bond motifs is 2. The van der Waals surface area contributed by atoms with Gasteiger partial charge in [-0.05, 0) is 29.7 Å². The maximum Gasteiger partial charge on any atom is 0.254 e. The fraction of sp³-hybridized carbons (Fsp3) is 0.318. The summed E-state index contributed by atoms with van der Waals surface area (Å²) < 4.78 is 0. The molecule has 5 heteroatoms. The molecule has 0 spiro atoms. The lowest BCUT2D eigenvalue weighted by molar-refractivity contribution is -0.145. The predicted octanol–water partition coefficient (Wildman–Crippen LogP) is 2.62. The molecule has 2 aromatic carbocycles. The van der Waals surface area contributed by atoms with E-state index >= 15 is 0 Å². The van der Waals surface area contributed by atoms with E-state index in [9.17, 15) is 14.4 Å². The monoisotopic (exact) mass is 360 g/mol. The van der Waals surface area contributed by atoms with Gasteiger partial charge in [-0.2, -0.15) is 0 Å². The third-order valence-corrected chi connectivity index (χ3v) is 6.08. The summed E-state index contributed by atoms with van der Waals surface area (Å²) in [5.41, 5.74) is 0.670. The predicted molar refractivity (Wildman–Crippen MR) is 101 cm³/mol. The van der Waals surface area contributed by atoms with Gasteiger partial charge >= 0.3 is 0 Å². The van der Waals surface area contributed by atoms with Crippen LogP contribution >= 0.6 is 0 Å². The molecule has 2 unspecified atom stereocenters. The van der Waals surface area contributed by atoms with Crippen molar-refractivity contribution in [2.45, 2.75) is 18.9 Å². The molecular formula is C22H20N2O3. The molecule has 3 aliphatic rings. The minimum absolute atomic E-state index is 0.0405. The summed E-state index contributed by atoms with van der Waals surface area (Å²) in [5, 5.41) is 1.96. The van der Waals surface area contributed by atoms with Gasteiger partial charge in [-0.3, -0.25) is 19.3 Å². The number of hydrogen-bond acceptors (Lipinski definition) is 3. The van der Waals surface area contributed by atoms with Crippen molar-refractivity contribution in [2.24, 2.45) is 11.8 Å². The Morgan fingerprint density at radius 3 is 2.19 bits per heavy atom. The van der Waals surface area contributed by atoms with Gasteiger partial charge in [0.05, 0.1) is 17.9 Å². The number of imide groups is 1. The van der Waals surface area contributed by atoms with Crippen molar-refractivity contribution in [1.29, 1.82) is 0 Å². The highest BCUT2D eigenvalue weighted by Gasteiger charge is 2.52. The summed E-state index contributed by atoms with van der Waals surface area (Å²) in [6.45, 7) is 0.846. The number of allylic oxidation sites excluding steroid dienone is 2. The Morgan fingerprint density at radius 1 is 0.852 bits per heavy atom. The molecule has 0 saturated carbocycles.